The number of aromatic nitrogens is 1. The molecule has 0 fully saturated rings. The van der Waals surface area contributed by atoms with E-state index in [0.29, 0.717) is 17.9 Å². The zero-order chi connectivity index (χ0) is 21.6. The van der Waals surface area contributed by atoms with E-state index in [-0.39, 0.29) is 11.9 Å². The molecule has 1 heterocycles. The molecule has 0 saturated heterocycles. The lowest BCUT2D eigenvalue weighted by Crippen LogP contribution is -2.19. The number of anilines is 1. The van der Waals surface area contributed by atoms with Crippen molar-refractivity contribution in [3.63, 3.8) is 0 Å². The summed E-state index contributed by atoms with van der Waals surface area (Å²) in [5.41, 5.74) is 2.89. The van der Waals surface area contributed by atoms with Crippen molar-refractivity contribution in [3.05, 3.63) is 90.0 Å². The maximum Gasteiger partial charge on any atom is 0.338 e. The number of nitrogens with one attached hydrogen (secondary N) is 1. The van der Waals surface area contributed by atoms with Gasteiger partial charge < -0.3 is 10.1 Å². The molecule has 0 aliphatic heterocycles. The molecule has 0 aliphatic rings. The number of para-hydroxylation sites is 1. The fourth-order valence-electron chi connectivity index (χ4n) is 3.01. The molecule has 7 heteroatoms. The van der Waals surface area contributed by atoms with Crippen molar-refractivity contribution in [1.82, 2.24) is 4.98 Å². The second-order valence-electron chi connectivity index (χ2n) is 6.64. The number of amides is 1. The molecular weight excluding hydrogens is 428 g/mol. The maximum atomic E-state index is 13.2. The van der Waals surface area contributed by atoms with Crippen LogP contribution in [0.25, 0.3) is 10.2 Å². The van der Waals surface area contributed by atoms with Gasteiger partial charge >= 0.3 is 5.97 Å². The molecule has 4 rings (SSSR count). The Labute approximate surface area is 188 Å². The number of thioether (sulfide) groups is 1. The molecule has 1 aromatic heterocycles. The molecule has 0 aliphatic carbocycles. The standard InChI is InChI=1S/C24H20N2O3S2/c1-2-29-23(28)17-12-14-18(15-13-17)25-22(27)21(16-8-4-3-5-9-16)31-24-26-19-10-6-7-11-20(19)30-24/h3-15,21H,2H2,1H3,(H,25,27). The predicted molar refractivity (Wildman–Crippen MR) is 126 cm³/mol. The van der Waals surface area contributed by atoms with Crippen LogP contribution in [0.3, 0.4) is 0 Å². The lowest BCUT2D eigenvalue weighted by Gasteiger charge is -2.16. The smallest absolute Gasteiger partial charge is 0.338 e. The average Bonchev–Trinajstić information content (AvgIpc) is 3.21. The van der Waals surface area contributed by atoms with Crippen molar-refractivity contribution in [2.75, 3.05) is 11.9 Å². The van der Waals surface area contributed by atoms with E-state index >= 15 is 0 Å². The van der Waals surface area contributed by atoms with Crippen molar-refractivity contribution in [2.24, 2.45) is 0 Å². The molecule has 1 amide bonds. The highest BCUT2D eigenvalue weighted by Crippen LogP contribution is 2.39. The molecule has 3 aromatic carbocycles. The molecule has 4 aromatic rings. The van der Waals surface area contributed by atoms with Crippen molar-refractivity contribution >= 4 is 50.9 Å². The van der Waals surface area contributed by atoms with Gasteiger partial charge in [-0.15, -0.1) is 11.3 Å². The molecule has 1 N–H and O–H groups in total. The first-order valence-corrected chi connectivity index (χ1v) is 11.5. The van der Waals surface area contributed by atoms with Gasteiger partial charge in [-0.3, -0.25) is 4.79 Å². The zero-order valence-corrected chi connectivity index (χ0v) is 18.4. The largest absolute Gasteiger partial charge is 0.462 e. The van der Waals surface area contributed by atoms with Crippen molar-refractivity contribution in [1.29, 1.82) is 0 Å². The van der Waals surface area contributed by atoms with Crippen LogP contribution in [0.1, 0.15) is 28.1 Å². The topological polar surface area (TPSA) is 68.3 Å². The van der Waals surface area contributed by atoms with Crippen LogP contribution in [0.15, 0.2) is 83.2 Å². The van der Waals surface area contributed by atoms with Crippen LogP contribution in [0.2, 0.25) is 0 Å². The second-order valence-corrected chi connectivity index (χ2v) is 9.03. The molecule has 0 radical (unpaired) electrons. The Morgan fingerprint density at radius 3 is 2.42 bits per heavy atom. The minimum Gasteiger partial charge on any atom is -0.462 e. The first-order valence-electron chi connectivity index (χ1n) is 9.79. The van der Waals surface area contributed by atoms with Crippen LogP contribution >= 0.6 is 23.1 Å². The third-order valence-electron chi connectivity index (χ3n) is 4.50. The number of fused-ring (bicyclic) bond motifs is 1. The summed E-state index contributed by atoms with van der Waals surface area (Å²) in [6.45, 7) is 2.08. The summed E-state index contributed by atoms with van der Waals surface area (Å²) in [7, 11) is 0. The molecule has 31 heavy (non-hydrogen) atoms. The first kappa shape index (κ1) is 21.1. The van der Waals surface area contributed by atoms with E-state index in [1.54, 1.807) is 42.5 Å². The molecule has 0 spiro atoms. The van der Waals surface area contributed by atoms with Gasteiger partial charge in [-0.05, 0) is 48.9 Å². The Balaban J connectivity index is 1.55. The first-order chi connectivity index (χ1) is 15.1. The summed E-state index contributed by atoms with van der Waals surface area (Å²) >= 11 is 3.01. The summed E-state index contributed by atoms with van der Waals surface area (Å²) in [4.78, 5) is 29.7. The van der Waals surface area contributed by atoms with Gasteiger partial charge in [0.2, 0.25) is 5.91 Å². The molecule has 1 atom stereocenters. The number of rotatable bonds is 7. The normalized spacial score (nSPS) is 11.8. The molecule has 1 unspecified atom stereocenters. The van der Waals surface area contributed by atoms with Crippen LogP contribution in [-0.2, 0) is 9.53 Å². The monoisotopic (exact) mass is 448 g/mol. The fraction of sp³-hybridized carbons (Fsp3) is 0.125. The van der Waals surface area contributed by atoms with Crippen LogP contribution < -0.4 is 5.32 Å². The summed E-state index contributed by atoms with van der Waals surface area (Å²) in [6.07, 6.45) is 0. The van der Waals surface area contributed by atoms with Crippen molar-refractivity contribution in [3.8, 4) is 0 Å². The van der Waals surface area contributed by atoms with Gasteiger partial charge in [0.05, 0.1) is 22.4 Å². The fourth-order valence-corrected chi connectivity index (χ4v) is 5.27. The number of nitrogens with zero attached hydrogens (tertiary/aromatic N) is 1. The van der Waals surface area contributed by atoms with Crippen molar-refractivity contribution in [2.45, 2.75) is 16.5 Å². The van der Waals surface area contributed by atoms with Gasteiger partial charge in [-0.25, -0.2) is 9.78 Å². The average molecular weight is 449 g/mol. The Hall–Kier alpha value is -3.16. The minimum absolute atomic E-state index is 0.153. The lowest BCUT2D eigenvalue weighted by atomic mass is 10.1. The Bertz CT molecular complexity index is 1160. The van der Waals surface area contributed by atoms with Gasteiger partial charge in [0, 0.05) is 5.69 Å². The Morgan fingerprint density at radius 1 is 1.00 bits per heavy atom. The zero-order valence-electron chi connectivity index (χ0n) is 16.8. The van der Waals surface area contributed by atoms with Crippen LogP contribution in [-0.4, -0.2) is 23.5 Å². The van der Waals surface area contributed by atoms with E-state index in [9.17, 15) is 9.59 Å². The highest BCUT2D eigenvalue weighted by Gasteiger charge is 2.24. The molecule has 5 nitrogen and oxygen atoms in total. The van der Waals surface area contributed by atoms with Gasteiger partial charge in [0.15, 0.2) is 4.34 Å². The van der Waals surface area contributed by atoms with E-state index in [2.05, 4.69) is 10.3 Å². The summed E-state index contributed by atoms with van der Waals surface area (Å²) < 4.78 is 6.93. The highest BCUT2D eigenvalue weighted by atomic mass is 32.2. The number of ether oxygens (including phenoxy) is 1. The Kier molecular flexibility index (Phi) is 6.64. The van der Waals surface area contributed by atoms with Gasteiger partial charge in [0.1, 0.15) is 5.25 Å². The predicted octanol–water partition coefficient (Wildman–Crippen LogP) is 5.95. The number of thiazole rings is 1. The van der Waals surface area contributed by atoms with Crippen LogP contribution in [0, 0.1) is 0 Å². The summed E-state index contributed by atoms with van der Waals surface area (Å²) in [5.74, 6) is -0.534. The highest BCUT2D eigenvalue weighted by molar-refractivity contribution is 8.02. The SMILES string of the molecule is CCOC(=O)c1ccc(NC(=O)C(Sc2nc3ccccc3s2)c2ccccc2)cc1. The summed E-state index contributed by atoms with van der Waals surface area (Å²) in [6, 6.07) is 24.3. The maximum absolute atomic E-state index is 13.2. The van der Waals surface area contributed by atoms with E-state index < -0.39 is 5.25 Å². The van der Waals surface area contributed by atoms with Crippen LogP contribution in [0.4, 0.5) is 5.69 Å². The molecular formula is C24H20N2O3S2. The van der Waals surface area contributed by atoms with Gasteiger partial charge in [-0.1, -0.05) is 54.2 Å². The number of benzene rings is 3. The minimum atomic E-state index is -0.466. The second kappa shape index (κ2) is 9.76. The van der Waals surface area contributed by atoms with Gasteiger partial charge in [-0.2, -0.15) is 0 Å². The van der Waals surface area contributed by atoms with E-state index in [4.69, 9.17) is 4.74 Å². The van der Waals surface area contributed by atoms with E-state index in [1.807, 2.05) is 54.6 Å². The Morgan fingerprint density at radius 2 is 1.71 bits per heavy atom. The number of hydrogen-bond donors (Lipinski definition) is 1. The third kappa shape index (κ3) is 5.13. The lowest BCUT2D eigenvalue weighted by molar-refractivity contribution is -0.115. The summed E-state index contributed by atoms with van der Waals surface area (Å²) in [5, 5.41) is 2.49. The number of hydrogen-bond acceptors (Lipinski definition) is 6. The number of carbonyl (C=O) groups is 2. The number of carbonyl (C=O) groups excluding carboxylic acids is 2. The molecule has 156 valence electrons. The van der Waals surface area contributed by atoms with E-state index in [1.165, 1.54) is 11.8 Å². The molecule has 0 saturated carbocycles. The van der Waals surface area contributed by atoms with Crippen LogP contribution in [0.5, 0.6) is 0 Å². The van der Waals surface area contributed by atoms with Gasteiger partial charge in [0.25, 0.3) is 0 Å². The number of esters is 1. The quantitative estimate of drug-likeness (QED) is 0.280. The third-order valence-corrected chi connectivity index (χ3v) is 6.88. The van der Waals surface area contributed by atoms with E-state index in [0.717, 1.165) is 20.1 Å². The van der Waals surface area contributed by atoms with Crippen molar-refractivity contribution < 1.29 is 14.3 Å². The molecule has 0 bridgehead atoms.